The van der Waals surface area contributed by atoms with Crippen molar-refractivity contribution in [2.24, 2.45) is 0 Å². The van der Waals surface area contributed by atoms with E-state index in [2.05, 4.69) is 168 Å². The predicted octanol–water partition coefficient (Wildman–Crippen LogP) is 13.2. The topological polar surface area (TPSA) is 56.7 Å². The van der Waals surface area contributed by atoms with Gasteiger partial charge in [0.15, 0.2) is 17.5 Å². The summed E-state index contributed by atoms with van der Waals surface area (Å²) in [5, 5.41) is 4.56. The van der Waals surface area contributed by atoms with Crippen molar-refractivity contribution < 1.29 is 4.42 Å². The molecule has 0 bridgehead atoms. The molecule has 0 saturated carbocycles. The molecule has 0 aliphatic heterocycles. The lowest BCUT2D eigenvalue weighted by Crippen LogP contribution is -2.00. The second kappa shape index (κ2) is 13.0. The van der Waals surface area contributed by atoms with E-state index in [-0.39, 0.29) is 0 Å². The van der Waals surface area contributed by atoms with Gasteiger partial charge in [0.2, 0.25) is 0 Å². The van der Waals surface area contributed by atoms with Gasteiger partial charge in [0.1, 0.15) is 11.2 Å². The van der Waals surface area contributed by atoms with E-state index >= 15 is 0 Å². The molecule has 3 aromatic heterocycles. The van der Waals surface area contributed by atoms with Crippen LogP contribution in [0.3, 0.4) is 0 Å². The lowest BCUT2D eigenvalue weighted by atomic mass is 9.97. The van der Waals surface area contributed by atoms with Crippen LogP contribution in [0.25, 0.3) is 106 Å². The first-order valence-electron chi connectivity index (χ1n) is 18.8. The van der Waals surface area contributed by atoms with E-state index < -0.39 is 0 Å². The average molecular weight is 717 g/mol. The Morgan fingerprint density at radius 2 is 0.875 bits per heavy atom. The molecular weight excluding hydrogens is 685 g/mol. The fourth-order valence-corrected chi connectivity index (χ4v) is 8.04. The smallest absolute Gasteiger partial charge is 0.164 e. The SMILES string of the molecule is c1ccc(-c2cccc(-c3nc(-c4cccc(-c5cccc6c5c5ccccc5n6-c5ccccc5)c4)nc(-c4ccc5c(c4)oc4ccccc45)n3)c2)cc1. The van der Waals surface area contributed by atoms with E-state index in [9.17, 15) is 0 Å². The lowest BCUT2D eigenvalue weighted by Gasteiger charge is -2.11. The maximum Gasteiger partial charge on any atom is 0.164 e. The summed E-state index contributed by atoms with van der Waals surface area (Å²) in [6.45, 7) is 0. The van der Waals surface area contributed by atoms with E-state index in [0.29, 0.717) is 17.5 Å². The summed E-state index contributed by atoms with van der Waals surface area (Å²) in [6.07, 6.45) is 0. The molecule has 0 radical (unpaired) electrons. The Morgan fingerprint density at radius 3 is 1.64 bits per heavy atom. The molecule has 3 heterocycles. The summed E-state index contributed by atoms with van der Waals surface area (Å²) in [5.41, 5.74) is 12.2. The first kappa shape index (κ1) is 31.9. The van der Waals surface area contributed by atoms with Crippen LogP contribution in [0.4, 0.5) is 0 Å². The van der Waals surface area contributed by atoms with E-state index in [0.717, 1.165) is 72.1 Å². The highest BCUT2D eigenvalue weighted by atomic mass is 16.3. The van der Waals surface area contributed by atoms with Crippen LogP contribution in [0, 0.1) is 0 Å². The normalized spacial score (nSPS) is 11.6. The van der Waals surface area contributed by atoms with Gasteiger partial charge in [-0.05, 0) is 76.9 Å². The highest BCUT2D eigenvalue weighted by Gasteiger charge is 2.18. The molecule has 11 aromatic rings. The van der Waals surface area contributed by atoms with E-state index in [4.69, 9.17) is 19.4 Å². The van der Waals surface area contributed by atoms with Crippen LogP contribution in [-0.2, 0) is 0 Å². The van der Waals surface area contributed by atoms with Crippen molar-refractivity contribution in [2.75, 3.05) is 0 Å². The molecule has 0 N–H and O–H groups in total. The third-order valence-corrected chi connectivity index (χ3v) is 10.6. The number of hydrogen-bond donors (Lipinski definition) is 0. The molecule has 262 valence electrons. The third-order valence-electron chi connectivity index (χ3n) is 10.6. The molecule has 11 rings (SSSR count). The van der Waals surface area contributed by atoms with Gasteiger partial charge >= 0.3 is 0 Å². The van der Waals surface area contributed by atoms with Gasteiger partial charge in [-0.25, -0.2) is 15.0 Å². The molecule has 0 spiro atoms. The summed E-state index contributed by atoms with van der Waals surface area (Å²) in [4.78, 5) is 15.5. The van der Waals surface area contributed by atoms with Crippen LogP contribution in [0.2, 0.25) is 0 Å². The molecule has 0 amide bonds. The monoisotopic (exact) mass is 716 g/mol. The van der Waals surface area contributed by atoms with Crippen molar-refractivity contribution in [1.82, 2.24) is 19.5 Å². The molecule has 56 heavy (non-hydrogen) atoms. The number of aromatic nitrogens is 4. The van der Waals surface area contributed by atoms with E-state index in [1.54, 1.807) is 0 Å². The van der Waals surface area contributed by atoms with Gasteiger partial charge in [0.05, 0.1) is 11.0 Å². The van der Waals surface area contributed by atoms with Gasteiger partial charge in [0, 0.05) is 43.9 Å². The Hall–Kier alpha value is -7.63. The second-order valence-electron chi connectivity index (χ2n) is 14.0. The Labute approximate surface area is 322 Å². The minimum Gasteiger partial charge on any atom is -0.456 e. The third kappa shape index (κ3) is 5.37. The van der Waals surface area contributed by atoms with Crippen LogP contribution in [0.15, 0.2) is 199 Å². The highest BCUT2D eigenvalue weighted by molar-refractivity contribution is 6.16. The Balaban J connectivity index is 1.09. The van der Waals surface area contributed by atoms with Gasteiger partial charge in [-0.1, -0.05) is 140 Å². The van der Waals surface area contributed by atoms with Crippen LogP contribution in [0.5, 0.6) is 0 Å². The fourth-order valence-electron chi connectivity index (χ4n) is 8.04. The first-order valence-corrected chi connectivity index (χ1v) is 18.8. The molecular formula is C51H32N4O. The Morgan fingerprint density at radius 1 is 0.339 bits per heavy atom. The quantitative estimate of drug-likeness (QED) is 0.172. The zero-order valence-electron chi connectivity index (χ0n) is 30.2. The molecule has 0 unspecified atom stereocenters. The molecule has 0 aliphatic rings. The minimum atomic E-state index is 0.580. The Bertz CT molecular complexity index is 3250. The largest absolute Gasteiger partial charge is 0.456 e. The van der Waals surface area contributed by atoms with Crippen LogP contribution in [-0.4, -0.2) is 19.5 Å². The number of hydrogen-bond acceptors (Lipinski definition) is 4. The van der Waals surface area contributed by atoms with Crippen molar-refractivity contribution in [1.29, 1.82) is 0 Å². The first-order chi connectivity index (χ1) is 27.7. The number of fused-ring (bicyclic) bond motifs is 6. The zero-order valence-corrected chi connectivity index (χ0v) is 30.2. The molecule has 5 nitrogen and oxygen atoms in total. The van der Waals surface area contributed by atoms with Crippen molar-refractivity contribution in [2.45, 2.75) is 0 Å². The number of para-hydroxylation sites is 3. The number of rotatable bonds is 6. The van der Waals surface area contributed by atoms with E-state index in [1.165, 1.54) is 16.3 Å². The van der Waals surface area contributed by atoms with Crippen molar-refractivity contribution in [3.8, 4) is 62.1 Å². The van der Waals surface area contributed by atoms with E-state index in [1.807, 2.05) is 30.3 Å². The highest BCUT2D eigenvalue weighted by Crippen LogP contribution is 2.40. The standard InChI is InChI=1S/C51H32N4O/c1-3-14-33(15-4-1)34-16-11-18-36(30-34)49-52-50(54-51(53-49)38-28-29-42-41-22-8-10-27-46(41)56-47(42)32-38)37-19-12-17-35(31-37)40-24-13-26-45-48(40)43-23-7-9-25-44(43)55(45)39-20-5-2-6-21-39/h1-32H. The van der Waals surface area contributed by atoms with Crippen molar-refractivity contribution >= 4 is 43.7 Å². The van der Waals surface area contributed by atoms with Crippen LogP contribution < -0.4 is 0 Å². The van der Waals surface area contributed by atoms with Gasteiger partial charge in [0.25, 0.3) is 0 Å². The average Bonchev–Trinajstić information content (AvgIpc) is 3.82. The maximum absolute atomic E-state index is 6.30. The predicted molar refractivity (Wildman–Crippen MR) is 229 cm³/mol. The zero-order chi connectivity index (χ0) is 37.0. The van der Waals surface area contributed by atoms with Gasteiger partial charge < -0.3 is 8.98 Å². The molecule has 8 aromatic carbocycles. The van der Waals surface area contributed by atoms with Crippen LogP contribution in [0.1, 0.15) is 0 Å². The minimum absolute atomic E-state index is 0.580. The number of benzene rings is 8. The summed E-state index contributed by atoms with van der Waals surface area (Å²) >= 11 is 0. The second-order valence-corrected chi connectivity index (χ2v) is 14.0. The molecule has 0 saturated heterocycles. The summed E-state index contributed by atoms with van der Waals surface area (Å²) in [5.74, 6) is 1.78. The summed E-state index contributed by atoms with van der Waals surface area (Å²) in [7, 11) is 0. The molecule has 0 fully saturated rings. The fraction of sp³-hybridized carbons (Fsp3) is 0. The Kier molecular flexibility index (Phi) is 7.42. The van der Waals surface area contributed by atoms with Crippen LogP contribution >= 0.6 is 0 Å². The molecule has 0 atom stereocenters. The summed E-state index contributed by atoms with van der Waals surface area (Å²) < 4.78 is 8.65. The van der Waals surface area contributed by atoms with Gasteiger partial charge in [-0.2, -0.15) is 0 Å². The number of furan rings is 1. The summed E-state index contributed by atoms with van der Waals surface area (Å²) in [6, 6.07) is 67.5. The van der Waals surface area contributed by atoms with Gasteiger partial charge in [-0.15, -0.1) is 0 Å². The molecule has 0 aliphatic carbocycles. The number of nitrogens with zero attached hydrogens (tertiary/aromatic N) is 4. The van der Waals surface area contributed by atoms with Crippen molar-refractivity contribution in [3.05, 3.63) is 194 Å². The van der Waals surface area contributed by atoms with Crippen molar-refractivity contribution in [3.63, 3.8) is 0 Å². The maximum atomic E-state index is 6.30. The lowest BCUT2D eigenvalue weighted by molar-refractivity contribution is 0.669. The molecule has 5 heteroatoms. The van der Waals surface area contributed by atoms with Gasteiger partial charge in [-0.3, -0.25) is 0 Å².